The van der Waals surface area contributed by atoms with Crippen molar-refractivity contribution in [1.29, 1.82) is 0 Å². The summed E-state index contributed by atoms with van der Waals surface area (Å²) in [7, 11) is 0. The third-order valence-corrected chi connectivity index (χ3v) is 3.10. The van der Waals surface area contributed by atoms with E-state index in [-0.39, 0.29) is 19.1 Å². The van der Waals surface area contributed by atoms with Gasteiger partial charge in [0, 0.05) is 0 Å². The second kappa shape index (κ2) is 4.92. The monoisotopic (exact) mass is 217 g/mol. The summed E-state index contributed by atoms with van der Waals surface area (Å²) in [6.45, 7) is 1.30. The van der Waals surface area contributed by atoms with Crippen molar-refractivity contribution < 1.29 is 20.1 Å². The van der Waals surface area contributed by atoms with Gasteiger partial charge in [-0.05, 0) is 25.2 Å². The standard InChI is InChI=1S/C10H19NO4/c1-2-10(5-12,6-13)11-8(9(14)15)7-3-4-7/h7-8,11-13H,2-6H2,1H3,(H,14,15). The van der Waals surface area contributed by atoms with Crippen molar-refractivity contribution in [2.45, 2.75) is 37.8 Å². The molecule has 0 saturated heterocycles. The smallest absolute Gasteiger partial charge is 0.321 e. The first kappa shape index (κ1) is 12.4. The van der Waals surface area contributed by atoms with Crippen molar-refractivity contribution in [2.24, 2.45) is 5.92 Å². The van der Waals surface area contributed by atoms with E-state index in [1.165, 1.54) is 0 Å². The molecule has 0 aliphatic heterocycles. The van der Waals surface area contributed by atoms with Crippen molar-refractivity contribution in [3.8, 4) is 0 Å². The molecule has 0 aromatic carbocycles. The molecule has 1 fully saturated rings. The highest BCUT2D eigenvalue weighted by atomic mass is 16.4. The van der Waals surface area contributed by atoms with Gasteiger partial charge < -0.3 is 15.3 Å². The Labute approximate surface area is 89.1 Å². The molecule has 5 nitrogen and oxygen atoms in total. The number of carbonyl (C=O) groups is 1. The number of carboxylic acid groups (broad SMARTS) is 1. The summed E-state index contributed by atoms with van der Waals surface area (Å²) in [6.07, 6.45) is 2.30. The van der Waals surface area contributed by atoms with E-state index in [0.29, 0.717) is 6.42 Å². The number of nitrogens with one attached hydrogen (secondary N) is 1. The summed E-state index contributed by atoms with van der Waals surface area (Å²) in [5.41, 5.74) is -0.869. The lowest BCUT2D eigenvalue weighted by Crippen LogP contribution is -2.58. The van der Waals surface area contributed by atoms with Gasteiger partial charge in [0.1, 0.15) is 6.04 Å². The molecule has 88 valence electrons. The van der Waals surface area contributed by atoms with Gasteiger partial charge in [-0.15, -0.1) is 0 Å². The van der Waals surface area contributed by atoms with Gasteiger partial charge in [-0.25, -0.2) is 0 Å². The largest absolute Gasteiger partial charge is 0.480 e. The Hall–Kier alpha value is -0.650. The summed E-state index contributed by atoms with van der Waals surface area (Å²) < 4.78 is 0. The van der Waals surface area contributed by atoms with Gasteiger partial charge in [0.25, 0.3) is 0 Å². The summed E-state index contributed by atoms with van der Waals surface area (Å²) in [4.78, 5) is 11.0. The third-order valence-electron chi connectivity index (χ3n) is 3.10. The normalized spacial score (nSPS) is 18.9. The molecule has 0 aromatic heterocycles. The molecule has 1 rings (SSSR count). The van der Waals surface area contributed by atoms with E-state index in [4.69, 9.17) is 5.11 Å². The summed E-state index contributed by atoms with van der Waals surface area (Å²) in [5.74, 6) is -0.760. The van der Waals surface area contributed by atoms with Gasteiger partial charge in [0.15, 0.2) is 0 Å². The number of carboxylic acids is 1. The van der Waals surface area contributed by atoms with Crippen LogP contribution in [0.2, 0.25) is 0 Å². The van der Waals surface area contributed by atoms with Crippen molar-refractivity contribution in [1.82, 2.24) is 5.32 Å². The second-order valence-electron chi connectivity index (χ2n) is 4.25. The first-order valence-corrected chi connectivity index (χ1v) is 5.31. The predicted molar refractivity (Wildman–Crippen MR) is 54.5 cm³/mol. The predicted octanol–water partition coefficient (Wildman–Crippen LogP) is -0.427. The van der Waals surface area contributed by atoms with Crippen LogP contribution in [0.4, 0.5) is 0 Å². The van der Waals surface area contributed by atoms with Crippen molar-refractivity contribution in [2.75, 3.05) is 13.2 Å². The number of aliphatic hydroxyl groups is 2. The molecule has 1 aliphatic rings. The molecule has 1 saturated carbocycles. The Bertz CT molecular complexity index is 215. The second-order valence-corrected chi connectivity index (χ2v) is 4.25. The molecule has 0 heterocycles. The Morgan fingerprint density at radius 2 is 2.00 bits per heavy atom. The molecule has 4 N–H and O–H groups in total. The van der Waals surface area contributed by atoms with Crippen LogP contribution in [0.1, 0.15) is 26.2 Å². The highest BCUT2D eigenvalue weighted by Crippen LogP contribution is 2.33. The lowest BCUT2D eigenvalue weighted by Gasteiger charge is -2.33. The quantitative estimate of drug-likeness (QED) is 0.465. The fourth-order valence-electron chi connectivity index (χ4n) is 1.61. The van der Waals surface area contributed by atoms with Crippen molar-refractivity contribution >= 4 is 5.97 Å². The van der Waals surface area contributed by atoms with Crippen LogP contribution >= 0.6 is 0 Å². The fourth-order valence-corrected chi connectivity index (χ4v) is 1.61. The molecule has 1 unspecified atom stereocenters. The average molecular weight is 217 g/mol. The zero-order chi connectivity index (χ0) is 11.5. The molecule has 0 bridgehead atoms. The Morgan fingerprint density at radius 3 is 2.27 bits per heavy atom. The molecule has 5 heteroatoms. The van der Waals surface area contributed by atoms with Crippen LogP contribution in [0.25, 0.3) is 0 Å². The fraction of sp³-hybridized carbons (Fsp3) is 0.900. The number of aliphatic hydroxyl groups excluding tert-OH is 2. The molecule has 0 radical (unpaired) electrons. The number of hydrogen-bond acceptors (Lipinski definition) is 4. The van der Waals surface area contributed by atoms with E-state index in [1.807, 2.05) is 6.92 Å². The zero-order valence-corrected chi connectivity index (χ0v) is 8.94. The van der Waals surface area contributed by atoms with Crippen molar-refractivity contribution in [3.63, 3.8) is 0 Å². The van der Waals surface area contributed by atoms with Crippen molar-refractivity contribution in [3.05, 3.63) is 0 Å². The molecule has 1 atom stereocenters. The average Bonchev–Trinajstić information content (AvgIpc) is 3.04. The molecule has 1 aliphatic carbocycles. The van der Waals surface area contributed by atoms with E-state index in [2.05, 4.69) is 5.32 Å². The van der Waals surface area contributed by atoms with E-state index in [0.717, 1.165) is 12.8 Å². The van der Waals surface area contributed by atoms with Gasteiger partial charge in [-0.1, -0.05) is 6.92 Å². The SMILES string of the molecule is CCC(CO)(CO)NC(C(=O)O)C1CC1. The third kappa shape index (κ3) is 2.90. The van der Waals surface area contributed by atoms with Crippen LogP contribution in [0.15, 0.2) is 0 Å². The highest BCUT2D eigenvalue weighted by Gasteiger charge is 2.41. The Kier molecular flexibility index (Phi) is 4.07. The van der Waals surface area contributed by atoms with E-state index in [9.17, 15) is 15.0 Å². The summed E-state index contributed by atoms with van der Waals surface area (Å²) in [6, 6.07) is -0.649. The van der Waals surface area contributed by atoms with Gasteiger partial charge in [0.05, 0.1) is 18.8 Å². The summed E-state index contributed by atoms with van der Waals surface area (Å²) >= 11 is 0. The maximum absolute atomic E-state index is 11.0. The molecule has 0 amide bonds. The van der Waals surface area contributed by atoms with Gasteiger partial charge in [0.2, 0.25) is 0 Å². The van der Waals surface area contributed by atoms with E-state index >= 15 is 0 Å². The lowest BCUT2D eigenvalue weighted by molar-refractivity contribution is -0.141. The van der Waals surface area contributed by atoms with Crippen LogP contribution in [0.3, 0.4) is 0 Å². The number of hydrogen-bond donors (Lipinski definition) is 4. The molecular formula is C10H19NO4. The van der Waals surface area contributed by atoms with E-state index in [1.54, 1.807) is 0 Å². The minimum Gasteiger partial charge on any atom is -0.480 e. The van der Waals surface area contributed by atoms with Crippen LogP contribution < -0.4 is 5.32 Å². The Balaban J connectivity index is 2.65. The van der Waals surface area contributed by atoms with Gasteiger partial charge in [-0.2, -0.15) is 0 Å². The van der Waals surface area contributed by atoms with Crippen LogP contribution in [0, 0.1) is 5.92 Å². The maximum atomic E-state index is 11.0. The topological polar surface area (TPSA) is 89.8 Å². The minimum absolute atomic E-state index is 0.145. The minimum atomic E-state index is -0.905. The van der Waals surface area contributed by atoms with Crippen LogP contribution in [-0.2, 0) is 4.79 Å². The molecule has 0 aromatic rings. The molecular weight excluding hydrogens is 198 g/mol. The van der Waals surface area contributed by atoms with Gasteiger partial charge >= 0.3 is 5.97 Å². The van der Waals surface area contributed by atoms with Gasteiger partial charge in [-0.3, -0.25) is 10.1 Å². The summed E-state index contributed by atoms with van der Waals surface area (Å²) in [5, 5.41) is 30.3. The molecule has 0 spiro atoms. The highest BCUT2D eigenvalue weighted by molar-refractivity contribution is 5.74. The van der Waals surface area contributed by atoms with Crippen LogP contribution in [0.5, 0.6) is 0 Å². The van der Waals surface area contributed by atoms with Crippen LogP contribution in [-0.4, -0.2) is 46.1 Å². The zero-order valence-electron chi connectivity index (χ0n) is 8.94. The van der Waals surface area contributed by atoms with E-state index < -0.39 is 17.6 Å². The number of aliphatic carboxylic acids is 1. The first-order valence-electron chi connectivity index (χ1n) is 5.31. The Morgan fingerprint density at radius 1 is 1.47 bits per heavy atom. The number of rotatable bonds is 7. The first-order chi connectivity index (χ1) is 7.08. The lowest BCUT2D eigenvalue weighted by atomic mass is 9.96. The maximum Gasteiger partial charge on any atom is 0.321 e. The molecule has 15 heavy (non-hydrogen) atoms.